The van der Waals surface area contributed by atoms with E-state index < -0.39 is 24.4 Å². The third kappa shape index (κ3) is 61.3. The predicted molar refractivity (Wildman–Crippen MR) is 135 cm³/mol. The summed E-state index contributed by atoms with van der Waals surface area (Å²) in [5.41, 5.74) is 0. The molecule has 0 heterocycles. The van der Waals surface area contributed by atoms with E-state index in [1.165, 1.54) is 0 Å². The SMILES string of the molecule is [C-]#[N+]CCOCC(O)CO[CH2-].[CH2-]OCC(O)COCCC#N.[CH2-]OCC(O)CO[CH2-].[CH2-]OCC(O)CO[CH2-].[Rf].[Rf].[Rf]. The van der Waals surface area contributed by atoms with Crippen LogP contribution in [0.15, 0.2) is 0 Å². The van der Waals surface area contributed by atoms with Gasteiger partial charge in [-0.15, -0.1) is 0 Å². The van der Waals surface area contributed by atoms with Crippen molar-refractivity contribution in [2.45, 2.75) is 30.8 Å². The van der Waals surface area contributed by atoms with E-state index in [4.69, 9.17) is 41.7 Å². The van der Waals surface area contributed by atoms with Crippen LogP contribution in [-0.4, -0.2) is 117 Å². The third-order valence-electron chi connectivity index (χ3n) is 3.19. The monoisotopic (exact) mass is 1350 g/mol. The zero-order valence-corrected chi connectivity index (χ0v) is 43.3. The van der Waals surface area contributed by atoms with Gasteiger partial charge in [-0.1, -0.05) is 0 Å². The molecule has 0 aromatic rings. The van der Waals surface area contributed by atoms with Crippen LogP contribution in [0.1, 0.15) is 6.42 Å². The van der Waals surface area contributed by atoms with Crippen molar-refractivity contribution in [3.05, 3.63) is 54.1 Å². The van der Waals surface area contributed by atoms with E-state index in [9.17, 15) is 0 Å². The summed E-state index contributed by atoms with van der Waals surface area (Å²) in [7, 11) is 18.5. The van der Waals surface area contributed by atoms with Crippen molar-refractivity contribution >= 4 is 0 Å². The smallest absolute Gasteiger partial charge is 0.237 e. The molecule has 234 valence electrons. The summed E-state index contributed by atoms with van der Waals surface area (Å²) in [6.07, 6.45) is -2.16. The second kappa shape index (κ2) is 48.6. The number of aliphatic hydroxyl groups excluding tert-OH is 4. The van der Waals surface area contributed by atoms with Crippen LogP contribution in [0.2, 0.25) is 0 Å². The van der Waals surface area contributed by atoms with Gasteiger partial charge in [0.05, 0.1) is 56.7 Å². The molecule has 0 aromatic carbocycles. The Labute approximate surface area is 227 Å². The first-order chi connectivity index (χ1) is 18.2. The molecular formula is C24H44N2O12Rf3-6. The Balaban J connectivity index is -0.0000000742. The fourth-order valence-corrected chi connectivity index (χ4v) is 1.68. The van der Waals surface area contributed by atoms with E-state index in [-0.39, 0.29) is 52.9 Å². The van der Waals surface area contributed by atoms with Crippen LogP contribution in [0.5, 0.6) is 0 Å². The van der Waals surface area contributed by atoms with Crippen molar-refractivity contribution < 1.29 is 58.3 Å². The van der Waals surface area contributed by atoms with Crippen LogP contribution in [0.4, 0.5) is 0 Å². The average Bonchev–Trinajstić information content (AvgIpc) is 2.87. The number of rotatable bonds is 20. The molecule has 17 heteroatoms. The molecule has 2 unspecified atom stereocenters. The maximum atomic E-state index is 8.98. The molecule has 0 aliphatic rings. The molecule has 0 rings (SSSR count). The second-order valence-corrected chi connectivity index (χ2v) is 6.78. The van der Waals surface area contributed by atoms with Crippen molar-refractivity contribution in [1.29, 1.82) is 5.26 Å². The Morgan fingerprint density at radius 1 is 0.561 bits per heavy atom. The van der Waals surface area contributed by atoms with Gasteiger partial charge in [-0.05, 0) is 0 Å². The first-order valence-electron chi connectivity index (χ1n) is 11.0. The van der Waals surface area contributed by atoms with Gasteiger partial charge in [0.1, 0.15) is 6.61 Å². The summed E-state index contributed by atoms with van der Waals surface area (Å²) >= 11 is 0. The maximum Gasteiger partial charge on any atom is 0.237 e. The molecule has 0 bridgehead atoms. The van der Waals surface area contributed by atoms with Crippen LogP contribution in [-0.2, 0) is 37.9 Å². The third-order valence-corrected chi connectivity index (χ3v) is 3.19. The molecule has 0 aliphatic heterocycles. The van der Waals surface area contributed by atoms with Gasteiger partial charge < -0.3 is 63.2 Å². The van der Waals surface area contributed by atoms with Gasteiger partial charge in [0.15, 0.2) is 0 Å². The quantitative estimate of drug-likeness (QED) is 0.0954. The Morgan fingerprint density at radius 2 is 0.829 bits per heavy atom. The first kappa shape index (κ1) is 52.9. The van der Waals surface area contributed by atoms with Crippen molar-refractivity contribution in [1.82, 2.24) is 0 Å². The average molecular weight is 1350 g/mol. The molecule has 0 saturated carbocycles. The zero-order valence-electron chi connectivity index (χ0n) is 24.1. The second-order valence-electron chi connectivity index (χ2n) is 6.78. The number of hydrogen-bond donors (Lipinski definition) is 4. The summed E-state index contributed by atoms with van der Waals surface area (Å²) in [6, 6.07) is 1.92. The van der Waals surface area contributed by atoms with Crippen molar-refractivity contribution in [3.63, 3.8) is 0 Å². The van der Waals surface area contributed by atoms with Gasteiger partial charge in [0, 0.05) is 39.6 Å². The molecule has 0 spiro atoms. The summed E-state index contributed by atoms with van der Waals surface area (Å²) in [5, 5.41) is 43.5. The minimum absolute atomic E-state index is 0. The number of hydrogen-bond acceptors (Lipinski definition) is 13. The molecule has 0 aliphatic carbocycles. The fourth-order valence-electron chi connectivity index (χ4n) is 1.68. The molecule has 0 fully saturated rings. The summed E-state index contributed by atoms with van der Waals surface area (Å²) in [6.45, 7) is 8.93. The van der Waals surface area contributed by atoms with Gasteiger partial charge in [-0.25, -0.2) is 49.2 Å². The van der Waals surface area contributed by atoms with Gasteiger partial charge in [0.25, 0.3) is 0 Å². The number of nitrogens with zero attached hydrogens (tertiary/aromatic N) is 2. The van der Waals surface area contributed by atoms with Crippen LogP contribution < -0.4 is 0 Å². The fraction of sp³-hybridized carbons (Fsp3) is 0.667. The Hall–Kier alpha value is -4.50. The Bertz CT molecular complexity index is 465. The van der Waals surface area contributed by atoms with Crippen LogP contribution >= 0.6 is 0 Å². The molecule has 2 atom stereocenters. The van der Waals surface area contributed by atoms with Gasteiger partial charge in [0.2, 0.25) is 6.54 Å². The minimum Gasteiger partial charge on any atom is -0.553 e. The minimum atomic E-state index is -0.647. The van der Waals surface area contributed by atoms with E-state index in [0.29, 0.717) is 26.2 Å². The van der Waals surface area contributed by atoms with Crippen LogP contribution in [0.25, 0.3) is 4.85 Å². The van der Waals surface area contributed by atoms with Crippen molar-refractivity contribution in [2.24, 2.45) is 0 Å². The normalized spacial score (nSPS) is 10.8. The van der Waals surface area contributed by atoms with E-state index in [1.54, 1.807) is 0 Å². The summed E-state index contributed by atoms with van der Waals surface area (Å²) < 4.78 is 36.1. The molecule has 14 nitrogen and oxygen atoms in total. The van der Waals surface area contributed by atoms with E-state index in [1.807, 2.05) is 6.07 Å². The van der Waals surface area contributed by atoms with E-state index in [0.717, 1.165) is 0 Å². The number of aliphatic hydroxyl groups is 4. The van der Waals surface area contributed by atoms with Gasteiger partial charge >= 0.3 is 0 Å². The molecule has 0 aromatic heterocycles. The Morgan fingerprint density at radius 3 is 1.07 bits per heavy atom. The number of ether oxygens (including phenoxy) is 8. The first-order valence-corrected chi connectivity index (χ1v) is 11.0. The molecule has 0 saturated heterocycles. The largest absolute Gasteiger partial charge is 0.553 e. The van der Waals surface area contributed by atoms with Gasteiger partial charge in [-0.2, -0.15) is 5.26 Å². The van der Waals surface area contributed by atoms with Gasteiger partial charge in [-0.3, -0.25) is 0 Å². The molecular weight excluding hydrogens is 1310 g/mol. The summed E-state index contributed by atoms with van der Waals surface area (Å²) in [5.74, 6) is 0. The van der Waals surface area contributed by atoms with E-state index in [2.05, 4.69) is 75.9 Å². The molecule has 0 radical (unpaired) electrons. The maximum absolute atomic E-state index is 8.98. The molecule has 0 amide bonds. The van der Waals surface area contributed by atoms with Crippen LogP contribution in [0, 0.1) is 60.6 Å². The predicted octanol–water partition coefficient (Wildman–Crippen LogP) is 0.105. The summed E-state index contributed by atoms with van der Waals surface area (Å²) in [4.78, 5) is 3.08. The van der Waals surface area contributed by atoms with Crippen molar-refractivity contribution in [2.75, 3.05) is 72.6 Å². The zero-order chi connectivity index (χ0) is 29.9. The standard InChI is InChI=1S/2C7H12NO3.2C5H10O3.3Rf/c1-8-3-4-11-6-7(9)5-10-2;1-10-5-7(9)6-11-4-2-3-8;2*1-7-3-5(6)4-8-2;;;/h7,9H,2-6H2;7,9H,1-2,4-6H2;2*5-6H,1-4H2;;;/q2*-1;2*-2;;;. The molecule has 4 N–H and O–H groups in total. The van der Waals surface area contributed by atoms with Crippen LogP contribution in [0.3, 0.4) is 0 Å². The van der Waals surface area contributed by atoms with Crippen molar-refractivity contribution in [3.8, 4) is 6.07 Å². The number of nitriles is 1. The topological polar surface area (TPSA) is 183 Å². The Kier molecular flexibility index (Phi) is 62.6. The van der Waals surface area contributed by atoms with E-state index >= 15 is 0 Å². The molecule has 41 heavy (non-hydrogen) atoms.